The Balaban J connectivity index is 2.06. The number of aromatic nitrogens is 4. The predicted octanol–water partition coefficient (Wildman–Crippen LogP) is 1.94. The largest absolute Gasteiger partial charge is 0.332 e. The summed E-state index contributed by atoms with van der Waals surface area (Å²) < 4.78 is 2.41. The fourth-order valence-corrected chi connectivity index (χ4v) is 4.33. The molecular weight excluding hydrogens is 386 g/mol. The summed E-state index contributed by atoms with van der Waals surface area (Å²) in [5, 5.41) is 5.40. The highest BCUT2D eigenvalue weighted by molar-refractivity contribution is 8.00. The average molecular weight is 406 g/mol. The lowest BCUT2D eigenvalue weighted by molar-refractivity contribution is -0.113. The van der Waals surface area contributed by atoms with Crippen molar-refractivity contribution in [2.45, 2.75) is 24.7 Å². The van der Waals surface area contributed by atoms with Crippen LogP contribution < -0.4 is 16.6 Å². The first-order valence-corrected chi connectivity index (χ1v) is 10.1. The van der Waals surface area contributed by atoms with Gasteiger partial charge in [-0.05, 0) is 11.5 Å². The Morgan fingerprint density at radius 3 is 2.63 bits per heavy atom. The van der Waals surface area contributed by atoms with Crippen LogP contribution in [0.15, 0.2) is 32.3 Å². The third-order valence-electron chi connectivity index (χ3n) is 4.10. The first kappa shape index (κ1) is 19.3. The van der Waals surface area contributed by atoms with Crippen molar-refractivity contribution in [3.63, 3.8) is 0 Å². The summed E-state index contributed by atoms with van der Waals surface area (Å²) in [6, 6.07) is 0. The Bertz CT molecular complexity index is 1120. The van der Waals surface area contributed by atoms with E-state index in [1.165, 1.54) is 34.7 Å². The normalized spacial score (nSPS) is 11.3. The van der Waals surface area contributed by atoms with Gasteiger partial charge in [0.25, 0.3) is 5.56 Å². The molecule has 0 saturated heterocycles. The molecule has 0 aliphatic carbocycles. The molecule has 8 nitrogen and oxygen atoms in total. The van der Waals surface area contributed by atoms with Crippen LogP contribution in [0.25, 0.3) is 11.0 Å². The number of pyridine rings is 1. The van der Waals surface area contributed by atoms with Gasteiger partial charge in [0.2, 0.25) is 5.91 Å². The third-order valence-corrected chi connectivity index (χ3v) is 5.92. The maximum absolute atomic E-state index is 12.8. The molecule has 10 heteroatoms. The van der Waals surface area contributed by atoms with Gasteiger partial charge >= 0.3 is 5.69 Å². The molecule has 1 N–H and O–H groups in total. The lowest BCUT2D eigenvalue weighted by Crippen LogP contribution is -2.37. The third kappa shape index (κ3) is 3.67. The molecule has 0 bridgehead atoms. The monoisotopic (exact) mass is 405 g/mol. The van der Waals surface area contributed by atoms with E-state index in [0.717, 1.165) is 10.1 Å². The van der Waals surface area contributed by atoms with Crippen molar-refractivity contribution in [2.24, 2.45) is 14.1 Å². The Kier molecular flexibility index (Phi) is 5.47. The van der Waals surface area contributed by atoms with Crippen LogP contribution >= 0.6 is 23.1 Å². The standard InChI is InChI=1S/C17H19N5O3S2/c1-9(2)10-7-19-14-12(15(24)22(4)17(25)21(14)3)13(10)27-8-11(23)20-16-18-5-6-26-16/h5-7,9H,8H2,1-4H3,(H,18,20,23). The second-order valence-electron chi connectivity index (χ2n) is 6.28. The van der Waals surface area contributed by atoms with Crippen LogP contribution in [0.2, 0.25) is 0 Å². The summed E-state index contributed by atoms with van der Waals surface area (Å²) in [7, 11) is 3.02. The smallest absolute Gasteiger partial charge is 0.301 e. The van der Waals surface area contributed by atoms with Gasteiger partial charge in [0.05, 0.1) is 11.1 Å². The molecule has 0 aromatic carbocycles. The number of thioether (sulfide) groups is 1. The average Bonchev–Trinajstić information content (AvgIpc) is 3.14. The van der Waals surface area contributed by atoms with Crippen LogP contribution in [-0.2, 0) is 18.9 Å². The van der Waals surface area contributed by atoms with Crippen molar-refractivity contribution in [2.75, 3.05) is 11.1 Å². The number of carbonyl (C=O) groups is 1. The van der Waals surface area contributed by atoms with E-state index >= 15 is 0 Å². The molecular formula is C17H19N5O3S2. The van der Waals surface area contributed by atoms with E-state index < -0.39 is 11.2 Å². The number of amides is 1. The Labute approximate surface area is 163 Å². The van der Waals surface area contributed by atoms with Crippen molar-refractivity contribution >= 4 is 45.2 Å². The number of carbonyl (C=O) groups excluding carboxylic acids is 1. The minimum absolute atomic E-state index is 0.105. The second kappa shape index (κ2) is 7.65. The van der Waals surface area contributed by atoms with Crippen LogP contribution in [0.5, 0.6) is 0 Å². The number of aryl methyl sites for hydroxylation is 1. The van der Waals surface area contributed by atoms with Gasteiger partial charge in [0.15, 0.2) is 5.13 Å². The van der Waals surface area contributed by atoms with Gasteiger partial charge in [0.1, 0.15) is 5.65 Å². The molecule has 0 fully saturated rings. The summed E-state index contributed by atoms with van der Waals surface area (Å²) in [5.74, 6) is 0.00866. The SMILES string of the molecule is CC(C)c1cnc2c(c1SCC(=O)Nc1nccs1)c(=O)n(C)c(=O)n2C. The Morgan fingerprint density at radius 2 is 2.00 bits per heavy atom. The molecule has 0 saturated carbocycles. The van der Waals surface area contributed by atoms with Gasteiger partial charge in [-0.15, -0.1) is 23.1 Å². The van der Waals surface area contributed by atoms with E-state index in [0.29, 0.717) is 21.1 Å². The molecule has 3 aromatic rings. The van der Waals surface area contributed by atoms with Crippen molar-refractivity contribution in [3.8, 4) is 0 Å². The first-order valence-electron chi connectivity index (χ1n) is 8.22. The second-order valence-corrected chi connectivity index (χ2v) is 8.16. The number of hydrogen-bond donors (Lipinski definition) is 1. The summed E-state index contributed by atoms with van der Waals surface area (Å²) in [4.78, 5) is 46.3. The number of nitrogens with zero attached hydrogens (tertiary/aromatic N) is 4. The minimum atomic E-state index is -0.435. The van der Waals surface area contributed by atoms with Gasteiger partial charge in [-0.2, -0.15) is 0 Å². The number of anilines is 1. The molecule has 0 unspecified atom stereocenters. The zero-order valence-corrected chi connectivity index (χ0v) is 17.0. The van der Waals surface area contributed by atoms with Crippen molar-refractivity contribution in [3.05, 3.63) is 44.2 Å². The first-order chi connectivity index (χ1) is 12.8. The highest BCUT2D eigenvalue weighted by Gasteiger charge is 2.20. The molecule has 0 aliphatic rings. The Morgan fingerprint density at radius 1 is 1.26 bits per heavy atom. The zero-order valence-electron chi connectivity index (χ0n) is 15.3. The van der Waals surface area contributed by atoms with Crippen molar-refractivity contribution < 1.29 is 4.79 Å². The molecule has 0 aliphatic heterocycles. The molecule has 3 rings (SSSR count). The van der Waals surface area contributed by atoms with E-state index in [1.807, 2.05) is 13.8 Å². The van der Waals surface area contributed by atoms with Crippen LogP contribution in [0, 0.1) is 0 Å². The highest BCUT2D eigenvalue weighted by Crippen LogP contribution is 2.32. The van der Waals surface area contributed by atoms with Crippen LogP contribution in [0.4, 0.5) is 5.13 Å². The number of hydrogen-bond acceptors (Lipinski definition) is 7. The fourth-order valence-electron chi connectivity index (χ4n) is 2.66. The summed E-state index contributed by atoms with van der Waals surface area (Å²) in [6.45, 7) is 3.99. The van der Waals surface area contributed by atoms with Gasteiger partial charge < -0.3 is 5.32 Å². The highest BCUT2D eigenvalue weighted by atomic mass is 32.2. The van der Waals surface area contributed by atoms with Gasteiger partial charge in [-0.25, -0.2) is 14.8 Å². The van der Waals surface area contributed by atoms with Crippen molar-refractivity contribution in [1.29, 1.82) is 0 Å². The predicted molar refractivity (Wildman–Crippen MR) is 108 cm³/mol. The van der Waals surface area contributed by atoms with Gasteiger partial charge in [0, 0.05) is 36.8 Å². The Hall–Kier alpha value is -2.46. The van der Waals surface area contributed by atoms with Crippen LogP contribution in [-0.4, -0.2) is 30.8 Å². The molecule has 1 amide bonds. The van der Waals surface area contributed by atoms with Crippen LogP contribution in [0.3, 0.4) is 0 Å². The summed E-state index contributed by atoms with van der Waals surface area (Å²) in [5.41, 5.74) is 0.335. The maximum Gasteiger partial charge on any atom is 0.332 e. The van der Waals surface area contributed by atoms with E-state index in [9.17, 15) is 14.4 Å². The van der Waals surface area contributed by atoms with E-state index in [4.69, 9.17) is 0 Å². The quantitative estimate of drug-likeness (QED) is 0.652. The van der Waals surface area contributed by atoms with E-state index in [-0.39, 0.29) is 17.6 Å². The fraction of sp³-hybridized carbons (Fsp3) is 0.353. The number of nitrogens with one attached hydrogen (secondary N) is 1. The molecule has 27 heavy (non-hydrogen) atoms. The molecule has 0 atom stereocenters. The summed E-state index contributed by atoms with van der Waals surface area (Å²) >= 11 is 2.61. The number of thiazole rings is 1. The maximum atomic E-state index is 12.8. The van der Waals surface area contributed by atoms with Crippen LogP contribution in [0.1, 0.15) is 25.3 Å². The van der Waals surface area contributed by atoms with E-state index in [1.54, 1.807) is 24.8 Å². The lowest BCUT2D eigenvalue weighted by Gasteiger charge is -2.16. The summed E-state index contributed by atoms with van der Waals surface area (Å²) in [6.07, 6.45) is 3.29. The number of rotatable bonds is 5. The molecule has 142 valence electrons. The minimum Gasteiger partial charge on any atom is -0.301 e. The molecule has 3 aromatic heterocycles. The van der Waals surface area contributed by atoms with E-state index in [2.05, 4.69) is 15.3 Å². The molecule has 3 heterocycles. The van der Waals surface area contributed by atoms with Crippen molar-refractivity contribution in [1.82, 2.24) is 19.1 Å². The molecule has 0 radical (unpaired) electrons. The topological polar surface area (TPSA) is 98.9 Å². The zero-order chi connectivity index (χ0) is 19.7. The number of fused-ring (bicyclic) bond motifs is 1. The van der Waals surface area contributed by atoms with Gasteiger partial charge in [-0.1, -0.05) is 13.8 Å². The molecule has 0 spiro atoms. The van der Waals surface area contributed by atoms with Gasteiger partial charge in [-0.3, -0.25) is 18.7 Å². The lowest BCUT2D eigenvalue weighted by atomic mass is 10.0.